The maximum absolute atomic E-state index is 5.93. The first kappa shape index (κ1) is 13.9. The summed E-state index contributed by atoms with van der Waals surface area (Å²) in [5.41, 5.74) is 3.14. The van der Waals surface area contributed by atoms with Crippen LogP contribution in [0.5, 0.6) is 0 Å². The zero-order chi connectivity index (χ0) is 12.2. The second kappa shape index (κ2) is 5.99. The molecule has 0 aromatic heterocycles. The van der Waals surface area contributed by atoms with Gasteiger partial charge in [-0.1, -0.05) is 33.6 Å². The molecule has 1 aliphatic carbocycles. The van der Waals surface area contributed by atoms with Crippen molar-refractivity contribution in [3.8, 4) is 0 Å². The van der Waals surface area contributed by atoms with E-state index in [0.717, 1.165) is 6.61 Å². The van der Waals surface area contributed by atoms with Crippen LogP contribution in [-0.4, -0.2) is 18.8 Å². The van der Waals surface area contributed by atoms with Crippen molar-refractivity contribution in [2.24, 2.45) is 17.2 Å². The monoisotopic (exact) mass is 228 g/mol. The Labute approximate surface area is 100 Å². The van der Waals surface area contributed by atoms with Crippen LogP contribution in [0.25, 0.3) is 0 Å². The van der Waals surface area contributed by atoms with E-state index in [4.69, 9.17) is 10.6 Å². The van der Waals surface area contributed by atoms with Crippen LogP contribution in [0.2, 0.25) is 0 Å². The molecule has 3 N–H and O–H groups in total. The van der Waals surface area contributed by atoms with Crippen molar-refractivity contribution >= 4 is 0 Å². The quantitative estimate of drug-likeness (QED) is 0.561. The van der Waals surface area contributed by atoms with Crippen molar-refractivity contribution in [3.05, 3.63) is 0 Å². The molecule has 2 unspecified atom stereocenters. The van der Waals surface area contributed by atoms with Gasteiger partial charge >= 0.3 is 0 Å². The molecule has 0 aromatic carbocycles. The number of nitrogens with one attached hydrogen (secondary N) is 1. The summed E-state index contributed by atoms with van der Waals surface area (Å²) in [5.74, 6) is 6.43. The Morgan fingerprint density at radius 2 is 1.88 bits per heavy atom. The highest BCUT2D eigenvalue weighted by atomic mass is 16.5. The third-order valence-corrected chi connectivity index (χ3v) is 3.63. The Kier molecular flexibility index (Phi) is 5.22. The molecule has 16 heavy (non-hydrogen) atoms. The van der Waals surface area contributed by atoms with Gasteiger partial charge < -0.3 is 4.74 Å². The Hall–Kier alpha value is -0.120. The van der Waals surface area contributed by atoms with E-state index in [1.807, 2.05) is 0 Å². The van der Waals surface area contributed by atoms with E-state index in [9.17, 15) is 0 Å². The van der Waals surface area contributed by atoms with Crippen molar-refractivity contribution in [3.63, 3.8) is 0 Å². The fraction of sp³-hybridized carbons (Fsp3) is 1.00. The molecule has 0 aliphatic heterocycles. The van der Waals surface area contributed by atoms with Gasteiger partial charge in [-0.2, -0.15) is 0 Å². The van der Waals surface area contributed by atoms with E-state index in [1.165, 1.54) is 25.7 Å². The molecule has 0 saturated heterocycles. The summed E-state index contributed by atoms with van der Waals surface area (Å²) in [5, 5.41) is 0. The van der Waals surface area contributed by atoms with Gasteiger partial charge in [0, 0.05) is 6.61 Å². The van der Waals surface area contributed by atoms with Crippen LogP contribution in [0.4, 0.5) is 0 Å². The lowest BCUT2D eigenvalue weighted by Gasteiger charge is -2.39. The minimum atomic E-state index is 0.135. The highest BCUT2D eigenvalue weighted by Gasteiger charge is 2.37. The maximum atomic E-state index is 5.93. The lowest BCUT2D eigenvalue weighted by molar-refractivity contribution is -0.0484. The number of hydrazine groups is 1. The number of rotatable bonds is 5. The topological polar surface area (TPSA) is 47.3 Å². The van der Waals surface area contributed by atoms with E-state index in [-0.39, 0.29) is 11.5 Å². The molecule has 0 amide bonds. The van der Waals surface area contributed by atoms with E-state index in [1.54, 1.807) is 0 Å². The Morgan fingerprint density at radius 1 is 1.31 bits per heavy atom. The molecule has 2 atom stereocenters. The fourth-order valence-corrected chi connectivity index (χ4v) is 2.86. The minimum Gasteiger partial charge on any atom is -0.376 e. The third-order valence-electron chi connectivity index (χ3n) is 3.63. The summed E-state index contributed by atoms with van der Waals surface area (Å²) >= 11 is 0. The van der Waals surface area contributed by atoms with Gasteiger partial charge in [0.1, 0.15) is 0 Å². The largest absolute Gasteiger partial charge is 0.376 e. The standard InChI is InChI=1S/C13H28N2O/c1-5-16-12(13(2,3)4)11(15-14)10-8-6-7-9-10/h10-12,15H,5-9,14H2,1-4H3. The molecule has 0 spiro atoms. The summed E-state index contributed by atoms with van der Waals surface area (Å²) in [6.45, 7) is 9.50. The van der Waals surface area contributed by atoms with Crippen molar-refractivity contribution < 1.29 is 4.74 Å². The van der Waals surface area contributed by atoms with Gasteiger partial charge in [0.25, 0.3) is 0 Å². The van der Waals surface area contributed by atoms with Gasteiger partial charge in [0.15, 0.2) is 0 Å². The summed E-state index contributed by atoms with van der Waals surface area (Å²) in [7, 11) is 0. The van der Waals surface area contributed by atoms with Crippen LogP contribution in [-0.2, 0) is 4.74 Å². The summed E-state index contributed by atoms with van der Waals surface area (Å²) < 4.78 is 5.93. The summed E-state index contributed by atoms with van der Waals surface area (Å²) in [4.78, 5) is 0. The fourth-order valence-electron chi connectivity index (χ4n) is 2.86. The highest BCUT2D eigenvalue weighted by Crippen LogP contribution is 2.35. The van der Waals surface area contributed by atoms with Crippen LogP contribution in [0.3, 0.4) is 0 Å². The minimum absolute atomic E-state index is 0.135. The van der Waals surface area contributed by atoms with Crippen LogP contribution < -0.4 is 11.3 Å². The van der Waals surface area contributed by atoms with Crippen LogP contribution in [0.15, 0.2) is 0 Å². The second-order valence-corrected chi connectivity index (χ2v) is 5.98. The predicted octanol–water partition coefficient (Wildman–Crippen LogP) is 2.46. The lowest BCUT2D eigenvalue weighted by Crippen LogP contribution is -2.54. The van der Waals surface area contributed by atoms with E-state index < -0.39 is 0 Å². The molecule has 1 rings (SSSR count). The second-order valence-electron chi connectivity index (χ2n) is 5.98. The van der Waals surface area contributed by atoms with Crippen molar-refractivity contribution in [1.82, 2.24) is 5.43 Å². The number of nitrogens with two attached hydrogens (primary N) is 1. The van der Waals surface area contributed by atoms with Crippen LogP contribution in [0, 0.1) is 11.3 Å². The Balaban J connectivity index is 2.72. The molecule has 3 heteroatoms. The third kappa shape index (κ3) is 3.44. The molecule has 0 aromatic rings. The maximum Gasteiger partial charge on any atom is 0.0792 e. The van der Waals surface area contributed by atoms with Crippen molar-refractivity contribution in [2.45, 2.75) is 65.5 Å². The number of hydrogen-bond donors (Lipinski definition) is 2. The van der Waals surface area contributed by atoms with Gasteiger partial charge in [-0.25, -0.2) is 0 Å². The first-order valence-electron chi connectivity index (χ1n) is 6.58. The van der Waals surface area contributed by atoms with Crippen LogP contribution in [0.1, 0.15) is 53.4 Å². The van der Waals surface area contributed by atoms with Gasteiger partial charge in [0.05, 0.1) is 12.1 Å². The molecule has 0 radical (unpaired) electrons. The normalized spacial score (nSPS) is 22.3. The first-order chi connectivity index (χ1) is 7.50. The SMILES string of the molecule is CCOC(C(NN)C1CCCC1)C(C)(C)C. The van der Waals surface area contributed by atoms with Crippen LogP contribution >= 0.6 is 0 Å². The van der Waals surface area contributed by atoms with Crippen molar-refractivity contribution in [2.75, 3.05) is 6.61 Å². The zero-order valence-electron chi connectivity index (χ0n) is 11.3. The predicted molar refractivity (Wildman–Crippen MR) is 67.9 cm³/mol. The molecule has 3 nitrogen and oxygen atoms in total. The molecule has 0 heterocycles. The molecular formula is C13H28N2O. The molecule has 1 fully saturated rings. The first-order valence-corrected chi connectivity index (χ1v) is 6.58. The average Bonchev–Trinajstić information content (AvgIpc) is 2.69. The van der Waals surface area contributed by atoms with Gasteiger partial charge in [0.2, 0.25) is 0 Å². The smallest absolute Gasteiger partial charge is 0.0792 e. The number of ether oxygens (including phenoxy) is 1. The van der Waals surface area contributed by atoms with Gasteiger partial charge in [-0.05, 0) is 31.1 Å². The van der Waals surface area contributed by atoms with E-state index in [0.29, 0.717) is 12.0 Å². The van der Waals surface area contributed by atoms with E-state index in [2.05, 4.69) is 33.1 Å². The molecule has 96 valence electrons. The summed E-state index contributed by atoms with van der Waals surface area (Å²) in [6, 6.07) is 0.294. The Bertz CT molecular complexity index is 195. The Morgan fingerprint density at radius 3 is 2.25 bits per heavy atom. The van der Waals surface area contributed by atoms with Crippen molar-refractivity contribution in [1.29, 1.82) is 0 Å². The zero-order valence-corrected chi connectivity index (χ0v) is 11.3. The lowest BCUT2D eigenvalue weighted by atomic mass is 9.79. The molecule has 1 saturated carbocycles. The van der Waals surface area contributed by atoms with Gasteiger partial charge in [-0.15, -0.1) is 0 Å². The van der Waals surface area contributed by atoms with E-state index >= 15 is 0 Å². The summed E-state index contributed by atoms with van der Waals surface area (Å²) in [6.07, 6.45) is 5.45. The molecule has 1 aliphatic rings. The molecular weight excluding hydrogens is 200 g/mol. The number of hydrogen-bond acceptors (Lipinski definition) is 3. The average molecular weight is 228 g/mol. The van der Waals surface area contributed by atoms with Gasteiger partial charge in [-0.3, -0.25) is 11.3 Å². The highest BCUT2D eigenvalue weighted by molar-refractivity contribution is 4.91. The molecule has 0 bridgehead atoms.